The number of benzene rings is 2. The van der Waals surface area contributed by atoms with Crippen LogP contribution in [0.3, 0.4) is 0 Å². The van der Waals surface area contributed by atoms with Crippen molar-refractivity contribution in [1.82, 2.24) is 0 Å². The van der Waals surface area contributed by atoms with Gasteiger partial charge in [-0.05, 0) is 64.0 Å². The van der Waals surface area contributed by atoms with E-state index >= 15 is 0 Å². The molecular formula is C14H11BrClIO. The lowest BCUT2D eigenvalue weighted by molar-refractivity contribution is 0.177. The Bertz CT molecular complexity index is 559. The zero-order chi connectivity index (χ0) is 13.1. The SMILES string of the molecule is OC(Cc1cccc(Cl)c1)c1cc(Br)ccc1I. The van der Waals surface area contributed by atoms with Crippen molar-refractivity contribution < 1.29 is 5.11 Å². The fraction of sp³-hybridized carbons (Fsp3) is 0.143. The van der Waals surface area contributed by atoms with E-state index in [0.717, 1.165) is 19.2 Å². The molecule has 0 fully saturated rings. The van der Waals surface area contributed by atoms with Gasteiger partial charge in [-0.1, -0.05) is 39.7 Å². The van der Waals surface area contributed by atoms with Crippen LogP contribution in [-0.4, -0.2) is 5.11 Å². The van der Waals surface area contributed by atoms with Gasteiger partial charge in [-0.3, -0.25) is 0 Å². The molecule has 1 unspecified atom stereocenters. The molecule has 1 nitrogen and oxygen atoms in total. The lowest BCUT2D eigenvalue weighted by Crippen LogP contribution is -2.04. The highest BCUT2D eigenvalue weighted by atomic mass is 127. The molecule has 0 aliphatic heterocycles. The molecule has 1 atom stereocenters. The fourth-order valence-electron chi connectivity index (χ4n) is 1.77. The van der Waals surface area contributed by atoms with Gasteiger partial charge in [-0.25, -0.2) is 0 Å². The minimum atomic E-state index is -0.520. The van der Waals surface area contributed by atoms with Crippen LogP contribution in [0.15, 0.2) is 46.9 Å². The molecule has 94 valence electrons. The summed E-state index contributed by atoms with van der Waals surface area (Å²) in [6.45, 7) is 0. The summed E-state index contributed by atoms with van der Waals surface area (Å²) in [5.74, 6) is 0. The third kappa shape index (κ3) is 3.70. The van der Waals surface area contributed by atoms with E-state index in [1.54, 1.807) is 0 Å². The van der Waals surface area contributed by atoms with Crippen LogP contribution < -0.4 is 0 Å². The van der Waals surface area contributed by atoms with Crippen molar-refractivity contribution in [2.24, 2.45) is 0 Å². The van der Waals surface area contributed by atoms with Crippen LogP contribution in [0.5, 0.6) is 0 Å². The molecule has 18 heavy (non-hydrogen) atoms. The summed E-state index contributed by atoms with van der Waals surface area (Å²) in [6.07, 6.45) is 0.0420. The van der Waals surface area contributed by atoms with Crippen LogP contribution in [-0.2, 0) is 6.42 Å². The quantitative estimate of drug-likeness (QED) is 0.672. The average Bonchev–Trinajstić information content (AvgIpc) is 2.32. The van der Waals surface area contributed by atoms with Gasteiger partial charge in [0.05, 0.1) is 6.10 Å². The van der Waals surface area contributed by atoms with Gasteiger partial charge in [0.1, 0.15) is 0 Å². The number of rotatable bonds is 3. The lowest BCUT2D eigenvalue weighted by atomic mass is 10.0. The fourth-order valence-corrected chi connectivity index (χ4v) is 3.05. The molecule has 2 rings (SSSR count). The molecular weight excluding hydrogens is 426 g/mol. The highest BCUT2D eigenvalue weighted by molar-refractivity contribution is 14.1. The number of hydrogen-bond donors (Lipinski definition) is 1. The Morgan fingerprint density at radius 1 is 1.22 bits per heavy atom. The summed E-state index contributed by atoms with van der Waals surface area (Å²) in [6, 6.07) is 13.5. The van der Waals surface area contributed by atoms with E-state index in [4.69, 9.17) is 11.6 Å². The number of aliphatic hydroxyl groups excluding tert-OH is 1. The van der Waals surface area contributed by atoms with Crippen molar-refractivity contribution in [2.45, 2.75) is 12.5 Å². The van der Waals surface area contributed by atoms with E-state index in [-0.39, 0.29) is 0 Å². The maximum Gasteiger partial charge on any atom is 0.0840 e. The van der Waals surface area contributed by atoms with Gasteiger partial charge in [0.25, 0.3) is 0 Å². The van der Waals surface area contributed by atoms with Gasteiger partial charge >= 0.3 is 0 Å². The van der Waals surface area contributed by atoms with E-state index in [1.807, 2.05) is 42.5 Å². The van der Waals surface area contributed by atoms with Crippen LogP contribution in [0.4, 0.5) is 0 Å². The first-order valence-corrected chi connectivity index (χ1v) is 7.68. The zero-order valence-electron chi connectivity index (χ0n) is 9.41. The third-order valence-electron chi connectivity index (χ3n) is 2.64. The Kier molecular flexibility index (Phi) is 5.06. The second-order valence-electron chi connectivity index (χ2n) is 4.02. The van der Waals surface area contributed by atoms with E-state index in [2.05, 4.69) is 38.5 Å². The number of halogens is 3. The molecule has 1 N–H and O–H groups in total. The molecule has 0 aromatic heterocycles. The first-order valence-electron chi connectivity index (χ1n) is 5.44. The predicted octanol–water partition coefficient (Wildman–Crippen LogP) is 4.98. The van der Waals surface area contributed by atoms with Crippen LogP contribution >= 0.6 is 50.1 Å². The molecule has 0 amide bonds. The topological polar surface area (TPSA) is 20.2 Å². The van der Waals surface area contributed by atoms with Gasteiger partial charge in [-0.2, -0.15) is 0 Å². The van der Waals surface area contributed by atoms with Gasteiger partial charge in [0.2, 0.25) is 0 Å². The Hall–Kier alpha value is -0.100. The molecule has 0 spiro atoms. The highest BCUT2D eigenvalue weighted by Gasteiger charge is 2.12. The van der Waals surface area contributed by atoms with Crippen molar-refractivity contribution in [3.63, 3.8) is 0 Å². The molecule has 0 bridgehead atoms. The molecule has 0 aliphatic rings. The van der Waals surface area contributed by atoms with E-state index in [9.17, 15) is 5.11 Å². The summed E-state index contributed by atoms with van der Waals surface area (Å²) in [5.41, 5.74) is 1.97. The average molecular weight is 438 g/mol. The van der Waals surface area contributed by atoms with Crippen molar-refractivity contribution in [3.8, 4) is 0 Å². The maximum absolute atomic E-state index is 10.3. The van der Waals surface area contributed by atoms with Gasteiger partial charge in [0, 0.05) is 19.5 Å². The zero-order valence-corrected chi connectivity index (χ0v) is 13.9. The van der Waals surface area contributed by atoms with Crippen LogP contribution in [0, 0.1) is 3.57 Å². The number of hydrogen-bond acceptors (Lipinski definition) is 1. The Morgan fingerprint density at radius 2 is 2.00 bits per heavy atom. The third-order valence-corrected chi connectivity index (χ3v) is 4.35. The Morgan fingerprint density at radius 3 is 2.72 bits per heavy atom. The summed E-state index contributed by atoms with van der Waals surface area (Å²) in [7, 11) is 0. The lowest BCUT2D eigenvalue weighted by Gasteiger charge is -2.13. The second-order valence-corrected chi connectivity index (χ2v) is 6.53. The van der Waals surface area contributed by atoms with E-state index < -0.39 is 6.10 Å². The molecule has 2 aromatic carbocycles. The molecule has 0 saturated carbocycles. The van der Waals surface area contributed by atoms with Crippen molar-refractivity contribution in [1.29, 1.82) is 0 Å². The Balaban J connectivity index is 2.21. The first kappa shape index (κ1) is 14.3. The Labute approximate surface area is 133 Å². The van der Waals surface area contributed by atoms with Crippen molar-refractivity contribution in [3.05, 3.63) is 66.7 Å². The van der Waals surface area contributed by atoms with Gasteiger partial charge < -0.3 is 5.11 Å². The minimum Gasteiger partial charge on any atom is -0.388 e. The monoisotopic (exact) mass is 436 g/mol. The number of aliphatic hydroxyl groups is 1. The first-order chi connectivity index (χ1) is 8.56. The summed E-state index contributed by atoms with van der Waals surface area (Å²) in [5, 5.41) is 11.0. The second kappa shape index (κ2) is 6.37. The smallest absolute Gasteiger partial charge is 0.0840 e. The predicted molar refractivity (Wildman–Crippen MR) is 87.0 cm³/mol. The van der Waals surface area contributed by atoms with Gasteiger partial charge in [-0.15, -0.1) is 0 Å². The minimum absolute atomic E-state index is 0.520. The summed E-state index contributed by atoms with van der Waals surface area (Å²) >= 11 is 11.6. The van der Waals surface area contributed by atoms with Gasteiger partial charge in [0.15, 0.2) is 0 Å². The molecule has 2 aromatic rings. The largest absolute Gasteiger partial charge is 0.388 e. The normalized spacial score (nSPS) is 12.4. The van der Waals surface area contributed by atoms with Crippen molar-refractivity contribution in [2.75, 3.05) is 0 Å². The summed E-state index contributed by atoms with van der Waals surface area (Å²) < 4.78 is 2.04. The molecule has 0 radical (unpaired) electrons. The van der Waals surface area contributed by atoms with E-state index in [1.165, 1.54) is 0 Å². The molecule has 0 saturated heterocycles. The standard InChI is InChI=1S/C14H11BrClIO/c15-10-4-5-13(17)12(8-10)14(18)7-9-2-1-3-11(16)6-9/h1-6,8,14,18H,7H2. The van der Waals surface area contributed by atoms with Crippen molar-refractivity contribution >= 4 is 50.1 Å². The van der Waals surface area contributed by atoms with Crippen LogP contribution in [0.1, 0.15) is 17.2 Å². The summed E-state index contributed by atoms with van der Waals surface area (Å²) in [4.78, 5) is 0. The highest BCUT2D eigenvalue weighted by Crippen LogP contribution is 2.27. The van der Waals surface area contributed by atoms with E-state index in [0.29, 0.717) is 11.4 Å². The maximum atomic E-state index is 10.3. The molecule has 0 aliphatic carbocycles. The molecule has 4 heteroatoms. The van der Waals surface area contributed by atoms with Crippen LogP contribution in [0.2, 0.25) is 5.02 Å². The van der Waals surface area contributed by atoms with Crippen LogP contribution in [0.25, 0.3) is 0 Å². The molecule has 0 heterocycles.